The van der Waals surface area contributed by atoms with E-state index in [1.807, 2.05) is 12.1 Å². The number of aliphatic hydroxyl groups excluding tert-OH is 1. The van der Waals surface area contributed by atoms with Crippen LogP contribution in [0.25, 0.3) is 0 Å². The van der Waals surface area contributed by atoms with Crippen molar-refractivity contribution in [1.82, 2.24) is 4.90 Å². The molecule has 0 unspecified atom stereocenters. The minimum Gasteiger partial charge on any atom is -0.491 e. The van der Waals surface area contributed by atoms with Crippen molar-refractivity contribution in [3.05, 3.63) is 59.7 Å². The zero-order chi connectivity index (χ0) is 19.2. The Kier molecular flexibility index (Phi) is 6.75. The van der Waals surface area contributed by atoms with Crippen LogP contribution in [-0.2, 0) is 0 Å². The largest absolute Gasteiger partial charge is 0.491 e. The molecule has 1 N–H and O–H groups in total. The fraction of sp³-hybridized carbons (Fsp3) is 0.478. The van der Waals surface area contributed by atoms with E-state index >= 15 is 0 Å². The highest BCUT2D eigenvalue weighted by Crippen LogP contribution is 2.23. The number of benzene rings is 2. The molecule has 1 aliphatic rings. The van der Waals surface area contributed by atoms with Gasteiger partial charge in [-0.3, -0.25) is 4.90 Å². The smallest absolute Gasteiger partial charge is 0.119 e. The van der Waals surface area contributed by atoms with Crippen molar-refractivity contribution in [2.75, 3.05) is 44.2 Å². The van der Waals surface area contributed by atoms with Crippen LogP contribution < -0.4 is 9.64 Å². The van der Waals surface area contributed by atoms with Crippen molar-refractivity contribution in [2.24, 2.45) is 0 Å². The van der Waals surface area contributed by atoms with Gasteiger partial charge in [0.05, 0.1) is 0 Å². The maximum Gasteiger partial charge on any atom is 0.119 e. The molecule has 27 heavy (non-hydrogen) atoms. The third-order valence-electron chi connectivity index (χ3n) is 5.27. The van der Waals surface area contributed by atoms with E-state index in [0.29, 0.717) is 19.1 Å². The second kappa shape index (κ2) is 9.25. The molecule has 1 atom stereocenters. The molecule has 3 rings (SSSR count). The predicted octanol–water partition coefficient (Wildman–Crippen LogP) is 3.68. The van der Waals surface area contributed by atoms with Crippen molar-refractivity contribution in [1.29, 1.82) is 0 Å². The highest BCUT2D eigenvalue weighted by molar-refractivity contribution is 5.46. The summed E-state index contributed by atoms with van der Waals surface area (Å²) < 4.78 is 5.83. The minimum atomic E-state index is -0.474. The summed E-state index contributed by atoms with van der Waals surface area (Å²) >= 11 is 0. The number of β-amino-alcohol motifs (C(OH)–C–C–N with tert-alkyl or cyclic N) is 1. The summed E-state index contributed by atoms with van der Waals surface area (Å²) in [4.78, 5) is 4.72. The van der Waals surface area contributed by atoms with E-state index in [0.717, 1.165) is 31.9 Å². The van der Waals surface area contributed by atoms with Crippen LogP contribution in [0.15, 0.2) is 48.5 Å². The summed E-state index contributed by atoms with van der Waals surface area (Å²) in [6, 6.07) is 16.7. The van der Waals surface area contributed by atoms with Gasteiger partial charge in [-0.25, -0.2) is 0 Å². The molecule has 2 aromatic rings. The van der Waals surface area contributed by atoms with Gasteiger partial charge in [-0.15, -0.1) is 0 Å². The monoisotopic (exact) mass is 368 g/mol. The van der Waals surface area contributed by atoms with Crippen LogP contribution >= 0.6 is 0 Å². The predicted molar refractivity (Wildman–Crippen MR) is 112 cm³/mol. The Hall–Kier alpha value is -2.04. The zero-order valence-corrected chi connectivity index (χ0v) is 16.8. The average molecular weight is 369 g/mol. The van der Waals surface area contributed by atoms with Gasteiger partial charge in [-0.1, -0.05) is 38.1 Å². The lowest BCUT2D eigenvalue weighted by molar-refractivity contribution is 0.0663. The molecule has 1 fully saturated rings. The molecule has 0 radical (unpaired) electrons. The van der Waals surface area contributed by atoms with E-state index in [9.17, 15) is 5.11 Å². The van der Waals surface area contributed by atoms with Gasteiger partial charge in [0.1, 0.15) is 18.5 Å². The molecule has 0 bridgehead atoms. The summed E-state index contributed by atoms with van der Waals surface area (Å²) in [5.74, 6) is 1.35. The van der Waals surface area contributed by atoms with Crippen LogP contribution in [0.1, 0.15) is 30.9 Å². The Labute approximate surface area is 163 Å². The molecular formula is C23H32N2O2. The molecule has 0 saturated carbocycles. The molecule has 1 aliphatic heterocycles. The third-order valence-corrected chi connectivity index (χ3v) is 5.27. The molecule has 0 amide bonds. The van der Waals surface area contributed by atoms with Crippen LogP contribution in [-0.4, -0.2) is 55.4 Å². The summed E-state index contributed by atoms with van der Waals surface area (Å²) in [6.07, 6.45) is -0.474. The topological polar surface area (TPSA) is 35.9 Å². The number of ether oxygens (including phenoxy) is 1. The zero-order valence-electron chi connectivity index (χ0n) is 16.8. The SMILES string of the molecule is Cc1cc(OC[C@@H](O)CN2CCN(c3ccccc3)CC2)ccc1C(C)C. The summed E-state index contributed by atoms with van der Waals surface area (Å²) in [7, 11) is 0. The number of aliphatic hydroxyl groups is 1. The van der Waals surface area contributed by atoms with Gasteiger partial charge >= 0.3 is 0 Å². The Bertz CT molecular complexity index is 710. The lowest BCUT2D eigenvalue weighted by Crippen LogP contribution is -2.49. The van der Waals surface area contributed by atoms with Crippen LogP contribution in [0.3, 0.4) is 0 Å². The minimum absolute atomic E-state index is 0.333. The van der Waals surface area contributed by atoms with E-state index in [2.05, 4.69) is 67.0 Å². The highest BCUT2D eigenvalue weighted by Gasteiger charge is 2.19. The number of nitrogens with zero attached hydrogens (tertiary/aromatic N) is 2. The van der Waals surface area contributed by atoms with E-state index in [4.69, 9.17) is 4.74 Å². The normalized spacial score (nSPS) is 16.6. The van der Waals surface area contributed by atoms with Crippen molar-refractivity contribution >= 4 is 5.69 Å². The van der Waals surface area contributed by atoms with Gasteiger partial charge in [-0.05, 0) is 48.2 Å². The number of hydrogen-bond donors (Lipinski definition) is 1. The quantitative estimate of drug-likeness (QED) is 0.809. The summed E-state index contributed by atoms with van der Waals surface area (Å²) in [5.41, 5.74) is 3.87. The molecule has 4 nitrogen and oxygen atoms in total. The van der Waals surface area contributed by atoms with Crippen molar-refractivity contribution in [2.45, 2.75) is 32.8 Å². The second-order valence-corrected chi connectivity index (χ2v) is 7.76. The molecule has 146 valence electrons. The number of hydrogen-bond acceptors (Lipinski definition) is 4. The number of para-hydroxylation sites is 1. The molecule has 1 heterocycles. The van der Waals surface area contributed by atoms with E-state index in [1.54, 1.807) is 0 Å². The molecule has 0 aliphatic carbocycles. The Balaban J connectivity index is 1.42. The van der Waals surface area contributed by atoms with Crippen LogP contribution in [0, 0.1) is 6.92 Å². The van der Waals surface area contributed by atoms with Gasteiger partial charge in [0.15, 0.2) is 0 Å². The van der Waals surface area contributed by atoms with Crippen molar-refractivity contribution in [3.8, 4) is 5.75 Å². The molecule has 4 heteroatoms. The highest BCUT2D eigenvalue weighted by atomic mass is 16.5. The number of piperazine rings is 1. The maximum atomic E-state index is 10.4. The van der Waals surface area contributed by atoms with E-state index in [1.165, 1.54) is 16.8 Å². The van der Waals surface area contributed by atoms with Crippen LogP contribution in [0.2, 0.25) is 0 Å². The number of aryl methyl sites for hydroxylation is 1. The Morgan fingerprint density at radius 3 is 2.33 bits per heavy atom. The number of anilines is 1. The maximum absolute atomic E-state index is 10.4. The fourth-order valence-electron chi connectivity index (χ4n) is 3.76. The lowest BCUT2D eigenvalue weighted by Gasteiger charge is -2.36. The van der Waals surface area contributed by atoms with Gasteiger partial charge in [0, 0.05) is 38.4 Å². The standard InChI is InChI=1S/C23H32N2O2/c1-18(2)23-10-9-22(15-19(23)3)27-17-21(26)16-24-11-13-25(14-12-24)20-7-5-4-6-8-20/h4-10,15,18,21,26H,11-14,16-17H2,1-3H3/t21-/m0/s1. The third kappa shape index (κ3) is 5.47. The van der Waals surface area contributed by atoms with E-state index in [-0.39, 0.29) is 0 Å². The van der Waals surface area contributed by atoms with Crippen LogP contribution in [0.4, 0.5) is 5.69 Å². The van der Waals surface area contributed by atoms with E-state index < -0.39 is 6.10 Å². The van der Waals surface area contributed by atoms with Gasteiger partial charge in [0.25, 0.3) is 0 Å². The average Bonchev–Trinajstić information content (AvgIpc) is 2.67. The summed E-state index contributed by atoms with van der Waals surface area (Å²) in [5, 5.41) is 10.4. The van der Waals surface area contributed by atoms with Crippen molar-refractivity contribution in [3.63, 3.8) is 0 Å². The molecule has 2 aromatic carbocycles. The Morgan fingerprint density at radius 2 is 1.70 bits per heavy atom. The number of rotatable bonds is 7. The Morgan fingerprint density at radius 1 is 1.00 bits per heavy atom. The van der Waals surface area contributed by atoms with Gasteiger partial charge < -0.3 is 14.7 Å². The van der Waals surface area contributed by atoms with Crippen molar-refractivity contribution < 1.29 is 9.84 Å². The molecule has 0 spiro atoms. The molecular weight excluding hydrogens is 336 g/mol. The second-order valence-electron chi connectivity index (χ2n) is 7.76. The fourth-order valence-corrected chi connectivity index (χ4v) is 3.76. The van der Waals surface area contributed by atoms with Crippen LogP contribution in [0.5, 0.6) is 5.75 Å². The first kappa shape index (κ1) is 19.7. The van der Waals surface area contributed by atoms with Gasteiger partial charge in [-0.2, -0.15) is 0 Å². The first-order valence-electron chi connectivity index (χ1n) is 9.96. The lowest BCUT2D eigenvalue weighted by atomic mass is 9.98. The first-order chi connectivity index (χ1) is 13.0. The van der Waals surface area contributed by atoms with Gasteiger partial charge in [0.2, 0.25) is 0 Å². The molecule has 0 aromatic heterocycles. The molecule has 1 saturated heterocycles. The summed E-state index contributed by atoms with van der Waals surface area (Å²) in [6.45, 7) is 11.4. The first-order valence-corrected chi connectivity index (χ1v) is 9.96.